The highest BCUT2D eigenvalue weighted by molar-refractivity contribution is 6.31. The Morgan fingerprint density at radius 1 is 1.24 bits per heavy atom. The van der Waals surface area contributed by atoms with Gasteiger partial charge in [-0.15, -0.1) is 0 Å². The Morgan fingerprint density at radius 2 is 2.00 bits per heavy atom. The second kappa shape index (κ2) is 7.07. The maximum Gasteiger partial charge on any atom is 0.276 e. The van der Waals surface area contributed by atoms with Gasteiger partial charge < -0.3 is 5.32 Å². The number of fused-ring (bicyclic) bond motifs is 1. The van der Waals surface area contributed by atoms with Gasteiger partial charge in [0.25, 0.3) is 5.91 Å². The van der Waals surface area contributed by atoms with Crippen LogP contribution < -0.4 is 10.7 Å². The van der Waals surface area contributed by atoms with E-state index < -0.39 is 11.3 Å². The molecule has 0 aliphatic carbocycles. The molecule has 5 nitrogen and oxygen atoms in total. The summed E-state index contributed by atoms with van der Waals surface area (Å²) in [6, 6.07) is 12.8. The highest BCUT2D eigenvalue weighted by atomic mass is 35.5. The smallest absolute Gasteiger partial charge is 0.276 e. The van der Waals surface area contributed by atoms with Gasteiger partial charge in [-0.1, -0.05) is 35.9 Å². The average Bonchev–Trinajstić information content (AvgIpc) is 2.61. The number of nitrogens with one attached hydrogen (secondary N) is 1. The first-order valence-corrected chi connectivity index (χ1v) is 8.42. The van der Waals surface area contributed by atoms with Crippen LogP contribution in [0.4, 0.5) is 0 Å². The summed E-state index contributed by atoms with van der Waals surface area (Å²) in [6.45, 7) is 4.76. The van der Waals surface area contributed by atoms with E-state index in [1.54, 1.807) is 22.9 Å². The van der Waals surface area contributed by atoms with Crippen molar-refractivity contribution in [3.8, 4) is 0 Å². The van der Waals surface area contributed by atoms with E-state index in [4.69, 9.17) is 11.6 Å². The number of rotatable bonds is 4. The molecule has 0 aliphatic rings. The van der Waals surface area contributed by atoms with Crippen molar-refractivity contribution in [2.24, 2.45) is 0 Å². The molecule has 0 saturated heterocycles. The summed E-state index contributed by atoms with van der Waals surface area (Å²) >= 11 is 6.01. The van der Waals surface area contributed by atoms with Gasteiger partial charge in [-0.2, -0.15) is 5.10 Å². The number of hydrogen-bond acceptors (Lipinski definition) is 3. The molecule has 2 aromatic carbocycles. The van der Waals surface area contributed by atoms with Crippen LogP contribution in [-0.2, 0) is 13.1 Å². The lowest BCUT2D eigenvalue weighted by Gasteiger charge is -2.11. The van der Waals surface area contributed by atoms with Crippen molar-refractivity contribution in [2.45, 2.75) is 26.9 Å². The molecule has 0 spiro atoms. The molecule has 3 rings (SSSR count). The van der Waals surface area contributed by atoms with Crippen LogP contribution in [0.15, 0.2) is 47.3 Å². The second-order valence-electron chi connectivity index (χ2n) is 5.76. The minimum Gasteiger partial charge on any atom is -0.346 e. The average molecular weight is 356 g/mol. The molecule has 0 fully saturated rings. The van der Waals surface area contributed by atoms with Gasteiger partial charge in [-0.05, 0) is 43.2 Å². The van der Waals surface area contributed by atoms with E-state index in [0.717, 1.165) is 11.1 Å². The van der Waals surface area contributed by atoms with Crippen molar-refractivity contribution >= 4 is 28.4 Å². The van der Waals surface area contributed by atoms with E-state index in [9.17, 15) is 9.59 Å². The standard InChI is InChI=1S/C19H18ClN3O2/c1-3-23-16-9-8-14(20)10-15(16)18(24)17(22-23)19(25)21-11-13-7-5-4-6-12(13)2/h4-10H,3,11H2,1-2H3,(H,21,25). The van der Waals surface area contributed by atoms with E-state index in [0.29, 0.717) is 29.0 Å². The van der Waals surface area contributed by atoms with Crippen LogP contribution in [0.5, 0.6) is 0 Å². The normalized spacial score (nSPS) is 10.8. The molecular weight excluding hydrogens is 338 g/mol. The Labute approximate surface area is 150 Å². The zero-order chi connectivity index (χ0) is 18.0. The number of aromatic nitrogens is 2. The Morgan fingerprint density at radius 3 is 2.72 bits per heavy atom. The number of carbonyl (C=O) groups excluding carboxylic acids is 1. The van der Waals surface area contributed by atoms with Gasteiger partial charge in [0.15, 0.2) is 5.69 Å². The highest BCUT2D eigenvalue weighted by Gasteiger charge is 2.17. The lowest BCUT2D eigenvalue weighted by molar-refractivity contribution is 0.0942. The summed E-state index contributed by atoms with van der Waals surface area (Å²) in [7, 11) is 0. The number of halogens is 1. The fourth-order valence-corrected chi connectivity index (χ4v) is 2.89. The van der Waals surface area contributed by atoms with Crippen molar-refractivity contribution < 1.29 is 4.79 Å². The number of aryl methyl sites for hydroxylation is 2. The zero-order valence-electron chi connectivity index (χ0n) is 14.0. The highest BCUT2D eigenvalue weighted by Crippen LogP contribution is 2.16. The third-order valence-electron chi connectivity index (χ3n) is 4.13. The van der Waals surface area contributed by atoms with E-state index in [-0.39, 0.29) is 5.69 Å². The fourth-order valence-electron chi connectivity index (χ4n) is 2.72. The summed E-state index contributed by atoms with van der Waals surface area (Å²) < 4.78 is 1.63. The maximum atomic E-state index is 12.7. The summed E-state index contributed by atoms with van der Waals surface area (Å²) in [5, 5.41) is 7.85. The number of benzene rings is 2. The number of nitrogens with zero attached hydrogens (tertiary/aromatic N) is 2. The predicted molar refractivity (Wildman–Crippen MR) is 99.0 cm³/mol. The molecule has 0 atom stereocenters. The molecular formula is C19H18ClN3O2. The summed E-state index contributed by atoms with van der Waals surface area (Å²) in [6.07, 6.45) is 0. The molecule has 0 unspecified atom stereocenters. The molecule has 1 heterocycles. The van der Waals surface area contributed by atoms with E-state index in [2.05, 4.69) is 10.4 Å². The molecule has 0 bridgehead atoms. The summed E-state index contributed by atoms with van der Waals surface area (Å²) in [5.41, 5.74) is 2.20. The Balaban J connectivity index is 1.97. The van der Waals surface area contributed by atoms with Crippen LogP contribution in [0.1, 0.15) is 28.5 Å². The lowest BCUT2D eigenvalue weighted by Crippen LogP contribution is -2.32. The van der Waals surface area contributed by atoms with Crippen LogP contribution >= 0.6 is 11.6 Å². The molecule has 1 amide bonds. The van der Waals surface area contributed by atoms with Gasteiger partial charge in [0.05, 0.1) is 10.9 Å². The molecule has 1 aromatic heterocycles. The third kappa shape index (κ3) is 3.42. The van der Waals surface area contributed by atoms with Crippen molar-refractivity contribution in [3.63, 3.8) is 0 Å². The van der Waals surface area contributed by atoms with Crippen molar-refractivity contribution in [1.82, 2.24) is 15.1 Å². The van der Waals surface area contributed by atoms with Gasteiger partial charge in [0, 0.05) is 18.1 Å². The largest absolute Gasteiger partial charge is 0.346 e. The first-order chi connectivity index (χ1) is 12.0. The Kier molecular flexibility index (Phi) is 4.86. The van der Waals surface area contributed by atoms with E-state index in [1.807, 2.05) is 38.1 Å². The molecule has 6 heteroatoms. The minimum absolute atomic E-state index is 0.120. The maximum absolute atomic E-state index is 12.7. The predicted octanol–water partition coefficient (Wildman–Crippen LogP) is 3.31. The van der Waals surface area contributed by atoms with Crippen LogP contribution in [0.25, 0.3) is 10.9 Å². The zero-order valence-corrected chi connectivity index (χ0v) is 14.8. The van der Waals surface area contributed by atoms with Crippen molar-refractivity contribution in [3.05, 3.63) is 74.5 Å². The van der Waals surface area contributed by atoms with Crippen molar-refractivity contribution in [2.75, 3.05) is 0 Å². The van der Waals surface area contributed by atoms with Gasteiger partial charge in [0.1, 0.15) is 0 Å². The monoisotopic (exact) mass is 355 g/mol. The van der Waals surface area contributed by atoms with Crippen molar-refractivity contribution in [1.29, 1.82) is 0 Å². The third-order valence-corrected chi connectivity index (χ3v) is 4.37. The van der Waals surface area contributed by atoms with E-state index >= 15 is 0 Å². The first kappa shape index (κ1) is 17.2. The second-order valence-corrected chi connectivity index (χ2v) is 6.20. The molecule has 0 radical (unpaired) electrons. The molecule has 0 aliphatic heterocycles. The van der Waals surface area contributed by atoms with Crippen LogP contribution in [0.3, 0.4) is 0 Å². The van der Waals surface area contributed by atoms with Crippen LogP contribution in [0, 0.1) is 6.92 Å². The van der Waals surface area contributed by atoms with Gasteiger partial charge in [-0.25, -0.2) is 0 Å². The number of hydrogen-bond donors (Lipinski definition) is 1. The van der Waals surface area contributed by atoms with Crippen LogP contribution in [0.2, 0.25) is 5.02 Å². The molecule has 128 valence electrons. The van der Waals surface area contributed by atoms with Gasteiger partial charge >= 0.3 is 0 Å². The van der Waals surface area contributed by atoms with Crippen LogP contribution in [-0.4, -0.2) is 15.7 Å². The Bertz CT molecular complexity index is 1010. The number of amides is 1. The van der Waals surface area contributed by atoms with E-state index in [1.165, 1.54) is 0 Å². The topological polar surface area (TPSA) is 64.0 Å². The molecule has 1 N–H and O–H groups in total. The van der Waals surface area contributed by atoms with Gasteiger partial charge in [0.2, 0.25) is 5.43 Å². The lowest BCUT2D eigenvalue weighted by atomic mass is 10.1. The summed E-state index contributed by atoms with van der Waals surface area (Å²) in [4.78, 5) is 25.2. The first-order valence-electron chi connectivity index (χ1n) is 8.04. The Hall–Kier alpha value is -2.66. The minimum atomic E-state index is -0.489. The fraction of sp³-hybridized carbons (Fsp3) is 0.211. The van der Waals surface area contributed by atoms with Gasteiger partial charge in [-0.3, -0.25) is 14.3 Å². The summed E-state index contributed by atoms with van der Waals surface area (Å²) in [5.74, 6) is -0.489. The number of carbonyl (C=O) groups is 1. The molecule has 0 saturated carbocycles. The molecule has 3 aromatic rings. The molecule has 25 heavy (non-hydrogen) atoms. The quantitative estimate of drug-likeness (QED) is 0.781. The SMILES string of the molecule is CCn1nc(C(=O)NCc2ccccc2C)c(=O)c2cc(Cl)ccc21.